The van der Waals surface area contributed by atoms with Gasteiger partial charge in [-0.25, -0.2) is 4.79 Å². The molecule has 0 bridgehead atoms. The molecular formula is C24H25NO5S. The number of thiophene rings is 1. The van der Waals surface area contributed by atoms with Crippen molar-refractivity contribution in [3.63, 3.8) is 0 Å². The van der Waals surface area contributed by atoms with Crippen LogP contribution in [0.3, 0.4) is 0 Å². The Balaban J connectivity index is 1.92. The van der Waals surface area contributed by atoms with Gasteiger partial charge in [-0.05, 0) is 54.8 Å². The fourth-order valence-electron chi connectivity index (χ4n) is 3.14. The molecule has 0 atom stereocenters. The summed E-state index contributed by atoms with van der Waals surface area (Å²) in [6, 6.07) is 15.0. The molecule has 1 aromatic heterocycles. The molecule has 0 saturated heterocycles. The minimum atomic E-state index is -0.467. The van der Waals surface area contributed by atoms with E-state index in [4.69, 9.17) is 14.2 Å². The van der Waals surface area contributed by atoms with Crippen molar-refractivity contribution in [1.82, 2.24) is 0 Å². The molecule has 0 aliphatic rings. The number of amides is 1. The van der Waals surface area contributed by atoms with Crippen molar-refractivity contribution in [3.8, 4) is 21.9 Å². The number of carbonyl (C=O) groups excluding carboxylic acids is 2. The molecule has 0 aliphatic heterocycles. The Morgan fingerprint density at radius 1 is 1.00 bits per heavy atom. The van der Waals surface area contributed by atoms with Gasteiger partial charge in [0.25, 0.3) is 0 Å². The number of aryl methyl sites for hydroxylation is 1. The van der Waals surface area contributed by atoms with E-state index in [0.717, 1.165) is 21.6 Å². The summed E-state index contributed by atoms with van der Waals surface area (Å²) in [7, 11) is 3.14. The van der Waals surface area contributed by atoms with Crippen molar-refractivity contribution in [2.75, 3.05) is 26.1 Å². The summed E-state index contributed by atoms with van der Waals surface area (Å²) < 4.78 is 15.9. The highest BCUT2D eigenvalue weighted by Gasteiger charge is 2.21. The Morgan fingerprint density at radius 2 is 1.74 bits per heavy atom. The Bertz CT molecular complexity index is 1090. The molecule has 0 radical (unpaired) electrons. The molecule has 1 heterocycles. The maximum atomic E-state index is 12.7. The van der Waals surface area contributed by atoms with Crippen molar-refractivity contribution in [2.24, 2.45) is 0 Å². The third-order valence-corrected chi connectivity index (χ3v) is 5.91. The summed E-state index contributed by atoms with van der Waals surface area (Å²) in [4.78, 5) is 26.4. The third kappa shape index (κ3) is 5.24. The molecule has 3 aromatic rings. The average Bonchev–Trinajstić information content (AvgIpc) is 3.18. The first kappa shape index (κ1) is 22.4. The molecule has 7 heteroatoms. The van der Waals surface area contributed by atoms with Gasteiger partial charge in [0.1, 0.15) is 4.88 Å². The van der Waals surface area contributed by atoms with Crippen LogP contribution in [0.1, 0.15) is 27.7 Å². The summed E-state index contributed by atoms with van der Waals surface area (Å²) in [5, 5.41) is 2.88. The van der Waals surface area contributed by atoms with Crippen molar-refractivity contribution in [1.29, 1.82) is 0 Å². The smallest absolute Gasteiger partial charge is 0.350 e. The first-order valence-corrected chi connectivity index (χ1v) is 10.7. The number of carbonyl (C=O) groups is 2. The molecule has 6 nitrogen and oxygen atoms in total. The first-order chi connectivity index (χ1) is 15.0. The lowest BCUT2D eigenvalue weighted by Crippen LogP contribution is -2.16. The highest BCUT2D eigenvalue weighted by Crippen LogP contribution is 2.39. The van der Waals surface area contributed by atoms with E-state index in [1.54, 1.807) is 33.3 Å². The Kier molecular flexibility index (Phi) is 7.31. The standard InChI is InChI=1S/C24H25NO5S/c1-5-30-24(27)23-18(25-22(26)13-16-9-7-6-8-15(16)2)14-21(31-23)17-10-11-19(28-3)20(12-17)29-4/h6-12,14H,5,13H2,1-4H3,(H,25,26). The fourth-order valence-corrected chi connectivity index (χ4v) is 4.14. The largest absolute Gasteiger partial charge is 0.493 e. The number of rotatable bonds is 8. The molecule has 0 saturated carbocycles. The highest BCUT2D eigenvalue weighted by molar-refractivity contribution is 7.18. The predicted octanol–water partition coefficient (Wildman–Crippen LogP) is 5.10. The minimum Gasteiger partial charge on any atom is -0.493 e. The van der Waals surface area contributed by atoms with Gasteiger partial charge in [0.05, 0.1) is 32.9 Å². The normalized spacial score (nSPS) is 10.5. The van der Waals surface area contributed by atoms with E-state index < -0.39 is 5.97 Å². The Morgan fingerprint density at radius 3 is 2.42 bits per heavy atom. The first-order valence-electron chi connectivity index (χ1n) is 9.84. The van der Waals surface area contributed by atoms with E-state index in [0.29, 0.717) is 22.1 Å². The molecular weight excluding hydrogens is 414 g/mol. The van der Waals surface area contributed by atoms with E-state index in [1.165, 1.54) is 11.3 Å². The van der Waals surface area contributed by atoms with Crippen LogP contribution >= 0.6 is 11.3 Å². The van der Waals surface area contributed by atoms with Crippen LogP contribution in [0.2, 0.25) is 0 Å². The summed E-state index contributed by atoms with van der Waals surface area (Å²) in [5.41, 5.74) is 3.26. The topological polar surface area (TPSA) is 73.9 Å². The molecule has 3 rings (SSSR count). The van der Waals surface area contributed by atoms with Gasteiger partial charge >= 0.3 is 5.97 Å². The van der Waals surface area contributed by atoms with Gasteiger partial charge in [0.2, 0.25) is 5.91 Å². The van der Waals surface area contributed by atoms with Crippen LogP contribution in [0, 0.1) is 6.92 Å². The summed E-state index contributed by atoms with van der Waals surface area (Å²) in [6.07, 6.45) is 0.219. The van der Waals surface area contributed by atoms with Crippen molar-refractivity contribution in [3.05, 3.63) is 64.5 Å². The van der Waals surface area contributed by atoms with Gasteiger partial charge in [-0.3, -0.25) is 4.79 Å². The summed E-state index contributed by atoms with van der Waals surface area (Å²) in [5.74, 6) is 0.526. The number of esters is 1. The quantitative estimate of drug-likeness (QED) is 0.495. The molecule has 31 heavy (non-hydrogen) atoms. The van der Waals surface area contributed by atoms with Gasteiger partial charge in [0.15, 0.2) is 11.5 Å². The lowest BCUT2D eigenvalue weighted by molar-refractivity contribution is -0.115. The van der Waals surface area contributed by atoms with E-state index >= 15 is 0 Å². The van der Waals surface area contributed by atoms with Crippen molar-refractivity contribution < 1.29 is 23.8 Å². The Labute approximate surface area is 185 Å². The van der Waals surface area contributed by atoms with Crippen LogP contribution in [0.5, 0.6) is 11.5 Å². The average molecular weight is 440 g/mol. The number of ether oxygens (including phenoxy) is 3. The monoisotopic (exact) mass is 439 g/mol. The molecule has 0 unspecified atom stereocenters. The minimum absolute atomic E-state index is 0.198. The van der Waals surface area contributed by atoms with Gasteiger partial charge in [0, 0.05) is 4.88 Å². The van der Waals surface area contributed by atoms with Crippen LogP contribution in [-0.4, -0.2) is 32.7 Å². The van der Waals surface area contributed by atoms with Gasteiger partial charge in [-0.15, -0.1) is 11.3 Å². The molecule has 0 spiro atoms. The van der Waals surface area contributed by atoms with Crippen LogP contribution in [0.25, 0.3) is 10.4 Å². The van der Waals surface area contributed by atoms with Gasteiger partial charge in [-0.2, -0.15) is 0 Å². The number of hydrogen-bond donors (Lipinski definition) is 1. The van der Waals surface area contributed by atoms with Crippen molar-refractivity contribution in [2.45, 2.75) is 20.3 Å². The molecule has 0 aliphatic carbocycles. The van der Waals surface area contributed by atoms with Gasteiger partial charge in [-0.1, -0.05) is 24.3 Å². The summed E-state index contributed by atoms with van der Waals surface area (Å²) >= 11 is 1.26. The van der Waals surface area contributed by atoms with Crippen molar-refractivity contribution >= 4 is 28.9 Å². The number of methoxy groups -OCH3 is 2. The lowest BCUT2D eigenvalue weighted by atomic mass is 10.1. The zero-order chi connectivity index (χ0) is 22.4. The van der Waals surface area contributed by atoms with E-state index in [2.05, 4.69) is 5.32 Å². The second kappa shape index (κ2) is 10.1. The highest BCUT2D eigenvalue weighted by atomic mass is 32.1. The fraction of sp³-hybridized carbons (Fsp3) is 0.250. The molecule has 162 valence electrons. The predicted molar refractivity (Wildman–Crippen MR) is 122 cm³/mol. The number of benzene rings is 2. The van der Waals surface area contributed by atoms with Gasteiger partial charge < -0.3 is 19.5 Å². The van der Waals surface area contributed by atoms with Crippen LogP contribution < -0.4 is 14.8 Å². The number of hydrogen-bond acceptors (Lipinski definition) is 6. The van der Waals surface area contributed by atoms with Crippen LogP contribution in [0.4, 0.5) is 5.69 Å². The summed E-state index contributed by atoms with van der Waals surface area (Å²) in [6.45, 7) is 3.96. The molecule has 1 amide bonds. The molecule has 0 fully saturated rings. The maximum absolute atomic E-state index is 12.7. The Hall–Kier alpha value is -3.32. The second-order valence-electron chi connectivity index (χ2n) is 6.80. The van der Waals surface area contributed by atoms with E-state index in [-0.39, 0.29) is 18.9 Å². The zero-order valence-electron chi connectivity index (χ0n) is 18.0. The third-order valence-electron chi connectivity index (χ3n) is 4.75. The van der Waals surface area contributed by atoms with Crippen LogP contribution in [0.15, 0.2) is 48.5 Å². The van der Waals surface area contributed by atoms with E-state index in [9.17, 15) is 9.59 Å². The molecule has 1 N–H and O–H groups in total. The SMILES string of the molecule is CCOC(=O)c1sc(-c2ccc(OC)c(OC)c2)cc1NC(=O)Cc1ccccc1C. The molecule has 2 aromatic carbocycles. The number of anilines is 1. The number of nitrogens with one attached hydrogen (secondary N) is 1. The maximum Gasteiger partial charge on any atom is 0.350 e. The second-order valence-corrected chi connectivity index (χ2v) is 7.85. The van der Waals surface area contributed by atoms with E-state index in [1.807, 2.05) is 43.3 Å². The zero-order valence-corrected chi connectivity index (χ0v) is 18.8. The lowest BCUT2D eigenvalue weighted by Gasteiger charge is -2.08. The van der Waals surface area contributed by atoms with Crippen LogP contribution in [-0.2, 0) is 16.0 Å².